The van der Waals surface area contributed by atoms with Gasteiger partial charge >= 0.3 is 0 Å². The average molecular weight is 402 g/mol. The Kier molecular flexibility index (Phi) is 3.65. The third-order valence-corrected chi connectivity index (χ3v) is 5.98. The van der Waals surface area contributed by atoms with E-state index in [2.05, 4.69) is 41.8 Å². The second-order valence-corrected chi connectivity index (χ2v) is 7.85. The van der Waals surface area contributed by atoms with Crippen molar-refractivity contribution < 1.29 is 9.59 Å². The van der Waals surface area contributed by atoms with Gasteiger partial charge in [0.15, 0.2) is 0 Å². The van der Waals surface area contributed by atoms with Gasteiger partial charge in [-0.3, -0.25) is 9.59 Å². The van der Waals surface area contributed by atoms with Crippen LogP contribution in [0.5, 0.6) is 0 Å². The van der Waals surface area contributed by atoms with Gasteiger partial charge in [-0.2, -0.15) is 0 Å². The Balaban J connectivity index is 1.66. The number of amides is 2. The molecule has 0 saturated heterocycles. The Morgan fingerprint density at radius 1 is 0.645 bits per heavy atom. The molecule has 0 bridgehead atoms. The smallest absolute Gasteiger partial charge is 0.268 e. The molecule has 0 unspecified atom stereocenters. The summed E-state index contributed by atoms with van der Waals surface area (Å²) in [6, 6.07) is 29.1. The number of benzene rings is 4. The lowest BCUT2D eigenvalue weighted by Crippen LogP contribution is -2.29. The number of hydrogen-bond donors (Lipinski definition) is 0. The summed E-state index contributed by atoms with van der Waals surface area (Å²) in [6.07, 6.45) is 0. The van der Waals surface area contributed by atoms with E-state index in [9.17, 15) is 9.59 Å². The molecule has 31 heavy (non-hydrogen) atoms. The van der Waals surface area contributed by atoms with Gasteiger partial charge in [0, 0.05) is 10.8 Å². The van der Waals surface area contributed by atoms with Crippen molar-refractivity contribution in [3.63, 3.8) is 0 Å². The van der Waals surface area contributed by atoms with Crippen molar-refractivity contribution in [3.05, 3.63) is 108 Å². The van der Waals surface area contributed by atoms with Crippen LogP contribution in [0, 0.1) is 6.92 Å². The summed E-state index contributed by atoms with van der Waals surface area (Å²) in [5.41, 5.74) is 5.38. The molecule has 148 valence electrons. The van der Waals surface area contributed by atoms with Crippen LogP contribution in [-0.2, 0) is 0 Å². The molecule has 0 atom stereocenters. The van der Waals surface area contributed by atoms with Gasteiger partial charge in [0.05, 0.1) is 33.5 Å². The maximum Gasteiger partial charge on any atom is 0.268 e. The summed E-state index contributed by atoms with van der Waals surface area (Å²) in [5.74, 6) is -0.579. The van der Waals surface area contributed by atoms with Gasteiger partial charge in [-0.25, -0.2) is 4.90 Å². The van der Waals surface area contributed by atoms with E-state index in [0.717, 1.165) is 27.5 Å². The molecule has 2 heterocycles. The molecular weight excluding hydrogens is 384 g/mol. The zero-order chi connectivity index (χ0) is 21.1. The Labute approximate surface area is 178 Å². The Hall–Kier alpha value is -4.18. The molecule has 0 spiro atoms. The molecule has 0 fully saturated rings. The van der Waals surface area contributed by atoms with Crippen LogP contribution < -0.4 is 4.90 Å². The summed E-state index contributed by atoms with van der Waals surface area (Å²) >= 11 is 0. The van der Waals surface area contributed by atoms with Crippen LogP contribution in [0.2, 0.25) is 0 Å². The number of para-hydroxylation sites is 2. The molecule has 0 N–H and O–H groups in total. The van der Waals surface area contributed by atoms with Gasteiger partial charge < -0.3 is 4.57 Å². The highest BCUT2D eigenvalue weighted by Gasteiger charge is 2.39. The first-order valence-electron chi connectivity index (χ1n) is 10.2. The molecule has 0 saturated carbocycles. The number of rotatable bonds is 2. The largest absolute Gasteiger partial charge is 0.308 e. The lowest BCUT2D eigenvalue weighted by molar-refractivity contribution is 0.0926. The molecule has 1 aliphatic heterocycles. The number of aryl methyl sites for hydroxylation is 1. The minimum atomic E-state index is -0.292. The number of anilines is 1. The van der Waals surface area contributed by atoms with Crippen molar-refractivity contribution in [2.75, 3.05) is 4.90 Å². The van der Waals surface area contributed by atoms with Gasteiger partial charge in [0.25, 0.3) is 11.8 Å². The second-order valence-electron chi connectivity index (χ2n) is 7.85. The molecule has 4 heteroatoms. The summed E-state index contributed by atoms with van der Waals surface area (Å²) < 4.78 is 2.10. The van der Waals surface area contributed by atoms with E-state index in [1.165, 1.54) is 10.5 Å². The Morgan fingerprint density at radius 2 is 1.39 bits per heavy atom. The van der Waals surface area contributed by atoms with Crippen molar-refractivity contribution >= 4 is 39.3 Å². The molecule has 1 aliphatic rings. The van der Waals surface area contributed by atoms with E-state index < -0.39 is 0 Å². The first-order valence-corrected chi connectivity index (χ1v) is 10.2. The fraction of sp³-hybridized carbons (Fsp3) is 0.0370. The minimum Gasteiger partial charge on any atom is -0.308 e. The van der Waals surface area contributed by atoms with Gasteiger partial charge in [0.1, 0.15) is 0 Å². The van der Waals surface area contributed by atoms with Crippen LogP contribution >= 0.6 is 0 Å². The van der Waals surface area contributed by atoms with Crippen LogP contribution in [-0.4, -0.2) is 16.4 Å². The molecule has 6 rings (SSSR count). The summed E-state index contributed by atoms with van der Waals surface area (Å²) in [5, 5.41) is 2.25. The molecule has 1 aromatic heterocycles. The van der Waals surface area contributed by atoms with Crippen molar-refractivity contribution in [2.24, 2.45) is 0 Å². The van der Waals surface area contributed by atoms with E-state index >= 15 is 0 Å². The van der Waals surface area contributed by atoms with Crippen LogP contribution in [0.15, 0.2) is 91.0 Å². The van der Waals surface area contributed by atoms with Crippen LogP contribution in [0.25, 0.3) is 27.5 Å². The van der Waals surface area contributed by atoms with Crippen molar-refractivity contribution in [2.45, 2.75) is 6.92 Å². The number of carbonyl (C=O) groups excluding carboxylic acids is 2. The van der Waals surface area contributed by atoms with E-state index in [1.807, 2.05) is 42.5 Å². The van der Waals surface area contributed by atoms with E-state index in [0.29, 0.717) is 16.8 Å². The normalized spacial score (nSPS) is 13.4. The fourth-order valence-electron chi connectivity index (χ4n) is 4.61. The van der Waals surface area contributed by atoms with E-state index in [1.54, 1.807) is 18.2 Å². The zero-order valence-electron chi connectivity index (χ0n) is 16.9. The number of imide groups is 1. The topological polar surface area (TPSA) is 42.3 Å². The van der Waals surface area contributed by atoms with Crippen molar-refractivity contribution in [3.8, 4) is 5.69 Å². The molecule has 0 radical (unpaired) electrons. The van der Waals surface area contributed by atoms with Gasteiger partial charge in [0.2, 0.25) is 0 Å². The quantitative estimate of drug-likeness (QED) is 0.345. The first-order chi connectivity index (χ1) is 15.1. The van der Waals surface area contributed by atoms with Gasteiger partial charge in [-0.05, 0) is 49.4 Å². The number of nitrogens with zero attached hydrogens (tertiary/aromatic N) is 2. The molecule has 0 aliphatic carbocycles. The summed E-state index contributed by atoms with van der Waals surface area (Å²) in [7, 11) is 0. The minimum absolute atomic E-state index is 0.287. The maximum absolute atomic E-state index is 13.5. The maximum atomic E-state index is 13.5. The fourth-order valence-corrected chi connectivity index (χ4v) is 4.61. The average Bonchev–Trinajstić information content (AvgIpc) is 3.26. The molecule has 2 amide bonds. The Morgan fingerprint density at radius 3 is 2.23 bits per heavy atom. The summed E-state index contributed by atoms with van der Waals surface area (Å²) in [4.78, 5) is 28.0. The standard InChI is InChI=1S/C27H18N2O2/c1-17-14-15-23-21(16-17)19-10-5-6-12-22(19)29(23)24-13-7-11-20-25(24)27(31)28(26(20)30)18-8-3-2-4-9-18/h2-16H,1H3. The van der Waals surface area contributed by atoms with Gasteiger partial charge in [-0.15, -0.1) is 0 Å². The van der Waals surface area contributed by atoms with E-state index in [-0.39, 0.29) is 11.8 Å². The highest BCUT2D eigenvalue weighted by Crippen LogP contribution is 2.37. The van der Waals surface area contributed by atoms with Crippen LogP contribution in [0.3, 0.4) is 0 Å². The predicted molar refractivity (Wildman–Crippen MR) is 123 cm³/mol. The lowest BCUT2D eigenvalue weighted by atomic mass is 10.1. The van der Waals surface area contributed by atoms with Crippen molar-refractivity contribution in [1.82, 2.24) is 4.57 Å². The Bertz CT molecular complexity index is 1530. The third kappa shape index (κ3) is 2.42. The van der Waals surface area contributed by atoms with Gasteiger partial charge in [-0.1, -0.05) is 54.1 Å². The van der Waals surface area contributed by atoms with Crippen LogP contribution in [0.1, 0.15) is 26.3 Å². The highest BCUT2D eigenvalue weighted by atomic mass is 16.2. The predicted octanol–water partition coefficient (Wildman–Crippen LogP) is 5.89. The SMILES string of the molecule is Cc1ccc2c(c1)c1ccccc1n2-c1cccc2c1C(=O)N(c1ccccc1)C2=O. The summed E-state index contributed by atoms with van der Waals surface area (Å²) in [6.45, 7) is 2.08. The molecule has 4 nitrogen and oxygen atoms in total. The lowest BCUT2D eigenvalue weighted by Gasteiger charge is -2.14. The molecular formula is C27H18N2O2. The molecule has 5 aromatic rings. The van der Waals surface area contributed by atoms with E-state index in [4.69, 9.17) is 0 Å². The first kappa shape index (κ1) is 17.7. The molecule has 4 aromatic carbocycles. The second kappa shape index (κ2) is 6.41. The van der Waals surface area contributed by atoms with Crippen LogP contribution in [0.4, 0.5) is 5.69 Å². The zero-order valence-corrected chi connectivity index (χ0v) is 16.9. The monoisotopic (exact) mass is 402 g/mol. The van der Waals surface area contributed by atoms with Crippen molar-refractivity contribution in [1.29, 1.82) is 0 Å². The number of fused-ring (bicyclic) bond motifs is 4. The number of aromatic nitrogens is 1. The highest BCUT2D eigenvalue weighted by molar-refractivity contribution is 6.35. The third-order valence-electron chi connectivity index (χ3n) is 5.98. The number of carbonyl (C=O) groups is 2. The number of hydrogen-bond acceptors (Lipinski definition) is 2.